The summed E-state index contributed by atoms with van der Waals surface area (Å²) in [6, 6.07) is 6.70. The number of carboxylic acid groups (broad SMARTS) is 1. The predicted molar refractivity (Wildman–Crippen MR) is 71.8 cm³/mol. The molecule has 0 bridgehead atoms. The van der Waals surface area contributed by atoms with E-state index in [9.17, 15) is 4.79 Å². The fourth-order valence-corrected chi connectivity index (χ4v) is 2.93. The SMILES string of the molecule is CN(C)c1nnc(Sc2ccc(C(=O)O)cc2)s1. The van der Waals surface area contributed by atoms with E-state index < -0.39 is 5.97 Å². The first kappa shape index (κ1) is 12.8. The summed E-state index contributed by atoms with van der Waals surface area (Å²) in [7, 11) is 3.83. The Hall–Kier alpha value is -1.60. The molecule has 5 nitrogen and oxygen atoms in total. The molecule has 0 aliphatic rings. The average molecular weight is 281 g/mol. The number of aromatic nitrogens is 2. The first-order valence-corrected chi connectivity index (χ1v) is 6.71. The molecule has 2 rings (SSSR count). The van der Waals surface area contributed by atoms with E-state index >= 15 is 0 Å². The van der Waals surface area contributed by atoms with Crippen molar-refractivity contribution < 1.29 is 9.90 Å². The van der Waals surface area contributed by atoms with E-state index in [4.69, 9.17) is 5.11 Å². The van der Waals surface area contributed by atoms with Crippen LogP contribution in [-0.2, 0) is 0 Å². The minimum absolute atomic E-state index is 0.283. The fourth-order valence-electron chi connectivity index (χ4n) is 1.19. The van der Waals surface area contributed by atoms with Crippen molar-refractivity contribution in [2.24, 2.45) is 0 Å². The van der Waals surface area contributed by atoms with Gasteiger partial charge in [0.2, 0.25) is 5.13 Å². The van der Waals surface area contributed by atoms with Crippen LogP contribution in [-0.4, -0.2) is 35.4 Å². The summed E-state index contributed by atoms with van der Waals surface area (Å²) in [5.74, 6) is -0.919. The number of hydrogen-bond acceptors (Lipinski definition) is 6. The van der Waals surface area contributed by atoms with E-state index in [2.05, 4.69) is 10.2 Å². The molecule has 1 N–H and O–H groups in total. The van der Waals surface area contributed by atoms with Crippen molar-refractivity contribution in [1.29, 1.82) is 0 Å². The third-order valence-electron chi connectivity index (χ3n) is 2.08. The summed E-state index contributed by atoms with van der Waals surface area (Å²) in [6.45, 7) is 0. The Morgan fingerprint density at radius 1 is 1.28 bits per heavy atom. The Balaban J connectivity index is 2.10. The molecule has 0 unspecified atom stereocenters. The van der Waals surface area contributed by atoms with Gasteiger partial charge in [0.05, 0.1) is 5.56 Å². The summed E-state index contributed by atoms with van der Waals surface area (Å²) in [4.78, 5) is 13.6. The van der Waals surface area contributed by atoms with Crippen LogP contribution in [0.3, 0.4) is 0 Å². The first-order chi connectivity index (χ1) is 8.56. The normalized spacial score (nSPS) is 10.3. The van der Waals surface area contributed by atoms with Gasteiger partial charge in [0.25, 0.3) is 0 Å². The standard InChI is InChI=1S/C11H11N3O2S2/c1-14(2)10-12-13-11(18-10)17-8-5-3-7(4-6-8)9(15)16/h3-6H,1-2H3,(H,15,16). The van der Waals surface area contributed by atoms with Crippen LogP contribution in [0.15, 0.2) is 33.5 Å². The minimum atomic E-state index is -0.919. The molecule has 2 aromatic rings. The van der Waals surface area contributed by atoms with Gasteiger partial charge in [-0.3, -0.25) is 0 Å². The van der Waals surface area contributed by atoms with E-state index in [1.807, 2.05) is 19.0 Å². The maximum absolute atomic E-state index is 10.7. The second-order valence-corrected chi connectivity index (χ2v) is 5.95. The zero-order chi connectivity index (χ0) is 13.1. The Kier molecular flexibility index (Phi) is 3.83. The second kappa shape index (κ2) is 5.36. The van der Waals surface area contributed by atoms with Gasteiger partial charge in [0.1, 0.15) is 0 Å². The van der Waals surface area contributed by atoms with Crippen molar-refractivity contribution in [2.75, 3.05) is 19.0 Å². The molecule has 0 radical (unpaired) electrons. The van der Waals surface area contributed by atoms with Gasteiger partial charge in [-0.2, -0.15) is 0 Å². The second-order valence-electron chi connectivity index (χ2n) is 3.68. The molecule has 7 heteroatoms. The Morgan fingerprint density at radius 2 is 1.94 bits per heavy atom. The topological polar surface area (TPSA) is 66.3 Å². The van der Waals surface area contributed by atoms with Gasteiger partial charge in [-0.1, -0.05) is 23.1 Å². The van der Waals surface area contributed by atoms with E-state index in [0.717, 1.165) is 14.4 Å². The van der Waals surface area contributed by atoms with Crippen molar-refractivity contribution in [3.05, 3.63) is 29.8 Å². The fraction of sp³-hybridized carbons (Fsp3) is 0.182. The first-order valence-electron chi connectivity index (χ1n) is 5.08. The van der Waals surface area contributed by atoms with Crippen molar-refractivity contribution in [1.82, 2.24) is 10.2 Å². The van der Waals surface area contributed by atoms with Gasteiger partial charge < -0.3 is 10.0 Å². The lowest BCUT2D eigenvalue weighted by Gasteiger charge is -2.03. The third kappa shape index (κ3) is 2.99. The van der Waals surface area contributed by atoms with Crippen molar-refractivity contribution >= 4 is 34.2 Å². The smallest absolute Gasteiger partial charge is 0.335 e. The van der Waals surface area contributed by atoms with Crippen LogP contribution in [0.4, 0.5) is 5.13 Å². The largest absolute Gasteiger partial charge is 0.478 e. The quantitative estimate of drug-likeness (QED) is 0.928. The maximum Gasteiger partial charge on any atom is 0.335 e. The number of hydrogen-bond donors (Lipinski definition) is 1. The highest BCUT2D eigenvalue weighted by molar-refractivity contribution is 8.01. The van der Waals surface area contributed by atoms with E-state index in [-0.39, 0.29) is 5.56 Å². The van der Waals surface area contributed by atoms with Crippen LogP contribution >= 0.6 is 23.1 Å². The molecule has 1 aromatic carbocycles. The summed E-state index contributed by atoms with van der Waals surface area (Å²) in [5, 5.41) is 17.7. The van der Waals surface area contributed by atoms with Crippen LogP contribution in [0, 0.1) is 0 Å². The summed E-state index contributed by atoms with van der Waals surface area (Å²) >= 11 is 2.97. The summed E-state index contributed by atoms with van der Waals surface area (Å²) < 4.78 is 0.835. The van der Waals surface area contributed by atoms with Crippen molar-refractivity contribution in [3.63, 3.8) is 0 Å². The monoisotopic (exact) mass is 281 g/mol. The molecule has 0 saturated heterocycles. The van der Waals surface area contributed by atoms with Gasteiger partial charge in [0, 0.05) is 19.0 Å². The number of aromatic carboxylic acids is 1. The molecule has 0 atom stereocenters. The van der Waals surface area contributed by atoms with Gasteiger partial charge in [-0.05, 0) is 24.3 Å². The molecule has 0 aliphatic carbocycles. The van der Waals surface area contributed by atoms with E-state index in [1.54, 1.807) is 24.3 Å². The van der Waals surface area contributed by atoms with Crippen LogP contribution in [0.5, 0.6) is 0 Å². The molecular formula is C11H11N3O2S2. The van der Waals surface area contributed by atoms with E-state index in [0.29, 0.717) is 0 Å². The van der Waals surface area contributed by atoms with Crippen LogP contribution in [0.25, 0.3) is 0 Å². The summed E-state index contributed by atoms with van der Waals surface area (Å²) in [6.07, 6.45) is 0. The molecule has 1 aromatic heterocycles. The van der Waals surface area contributed by atoms with Gasteiger partial charge in [-0.25, -0.2) is 4.79 Å². The molecular weight excluding hydrogens is 270 g/mol. The van der Waals surface area contributed by atoms with E-state index in [1.165, 1.54) is 23.1 Å². The lowest BCUT2D eigenvalue weighted by Crippen LogP contribution is -2.07. The Bertz CT molecular complexity index is 552. The molecule has 94 valence electrons. The van der Waals surface area contributed by atoms with Gasteiger partial charge in [0.15, 0.2) is 4.34 Å². The zero-order valence-corrected chi connectivity index (χ0v) is 11.5. The lowest BCUT2D eigenvalue weighted by molar-refractivity contribution is 0.0697. The third-order valence-corrected chi connectivity index (χ3v) is 4.23. The van der Waals surface area contributed by atoms with Crippen LogP contribution in [0.2, 0.25) is 0 Å². The maximum atomic E-state index is 10.7. The van der Waals surface area contributed by atoms with Gasteiger partial charge in [-0.15, -0.1) is 10.2 Å². The number of carboxylic acids is 1. The molecule has 1 heterocycles. The molecule has 18 heavy (non-hydrogen) atoms. The van der Waals surface area contributed by atoms with Crippen LogP contribution < -0.4 is 4.90 Å². The average Bonchev–Trinajstić information content (AvgIpc) is 2.78. The van der Waals surface area contributed by atoms with Crippen molar-refractivity contribution in [3.8, 4) is 0 Å². The number of anilines is 1. The number of rotatable bonds is 4. The Labute approximate surface area is 112 Å². The molecule has 0 fully saturated rings. The number of carbonyl (C=O) groups is 1. The highest BCUT2D eigenvalue weighted by atomic mass is 32.2. The number of benzene rings is 1. The molecule has 0 spiro atoms. The Morgan fingerprint density at radius 3 is 2.44 bits per heavy atom. The number of nitrogens with zero attached hydrogens (tertiary/aromatic N) is 3. The highest BCUT2D eigenvalue weighted by Crippen LogP contribution is 2.32. The van der Waals surface area contributed by atoms with Crippen LogP contribution in [0.1, 0.15) is 10.4 Å². The zero-order valence-electron chi connectivity index (χ0n) is 9.82. The molecule has 0 aliphatic heterocycles. The highest BCUT2D eigenvalue weighted by Gasteiger charge is 2.08. The summed E-state index contributed by atoms with van der Waals surface area (Å²) in [5.41, 5.74) is 0.283. The van der Waals surface area contributed by atoms with Gasteiger partial charge >= 0.3 is 5.97 Å². The molecule has 0 amide bonds. The predicted octanol–water partition coefficient (Wildman–Crippen LogP) is 2.45. The minimum Gasteiger partial charge on any atom is -0.478 e. The lowest BCUT2D eigenvalue weighted by atomic mass is 10.2. The van der Waals surface area contributed by atoms with Crippen molar-refractivity contribution in [2.45, 2.75) is 9.24 Å². The molecule has 0 saturated carbocycles.